The minimum atomic E-state index is -4.00. The molecule has 2 aromatic rings. The van der Waals surface area contributed by atoms with Gasteiger partial charge in [0.25, 0.3) is 5.91 Å². The molecule has 15 nitrogen and oxygen atoms in total. The Morgan fingerprint density at radius 2 is 1.78 bits per heavy atom. The van der Waals surface area contributed by atoms with Crippen LogP contribution in [0.25, 0.3) is 10.8 Å². The topological polar surface area (TPSA) is 206 Å². The highest BCUT2D eigenvalue weighted by Gasteiger charge is 2.63. The standard InChI is InChI=1S/C35H46N6O9S/c1-5-49-29-24-12-8-9-13-25(24)30(39-38-29)50-23-17-26-28(42)37-35(32(44)40-51(47,48)34(4)14-15-34)18-22(35)11-7-6-10-20(2)16-21(3)27(36-33(45)46)31(43)41(26)19-23/h7-9,11-13,20-23,26-27,36H,5-6,10,14-19H2,1-4H3,(H,37,42)(H,40,44)(H,45,46)/t20-,21+,22+,23+,26-,27-,35+/m0/s1. The summed E-state index contributed by atoms with van der Waals surface area (Å²) in [5.74, 6) is -2.37. The molecule has 3 heterocycles. The molecule has 4 aliphatic rings. The van der Waals surface area contributed by atoms with E-state index >= 15 is 0 Å². The zero-order valence-corrected chi connectivity index (χ0v) is 30.1. The minimum absolute atomic E-state index is 0.0139. The van der Waals surface area contributed by atoms with E-state index < -0.39 is 74.1 Å². The van der Waals surface area contributed by atoms with Crippen molar-refractivity contribution in [3.05, 3.63) is 36.4 Å². The summed E-state index contributed by atoms with van der Waals surface area (Å²) in [7, 11) is -4.00. The van der Waals surface area contributed by atoms with E-state index in [-0.39, 0.29) is 31.2 Å². The molecule has 7 atom stereocenters. The van der Waals surface area contributed by atoms with Gasteiger partial charge in [-0.05, 0) is 76.3 Å². The maximum atomic E-state index is 14.3. The monoisotopic (exact) mass is 726 g/mol. The number of allylic oxidation sites excluding steroid dienone is 1. The Labute approximate surface area is 296 Å². The zero-order valence-electron chi connectivity index (χ0n) is 29.3. The lowest BCUT2D eigenvalue weighted by molar-refractivity contribution is -0.142. The number of carbonyl (C=O) groups is 4. The third kappa shape index (κ3) is 7.32. The summed E-state index contributed by atoms with van der Waals surface area (Å²) < 4.78 is 39.3. The van der Waals surface area contributed by atoms with Crippen molar-refractivity contribution in [3.8, 4) is 11.8 Å². The normalized spacial score (nSPS) is 30.5. The molecule has 16 heteroatoms. The number of ether oxygens (including phenoxy) is 2. The predicted molar refractivity (Wildman–Crippen MR) is 185 cm³/mol. The molecule has 2 saturated carbocycles. The molecule has 0 spiro atoms. The van der Waals surface area contributed by atoms with E-state index in [0.717, 1.165) is 6.42 Å². The van der Waals surface area contributed by atoms with Crippen LogP contribution in [0, 0.1) is 17.8 Å². The average Bonchev–Trinajstić information content (AvgIpc) is 3.96. The molecule has 1 saturated heterocycles. The first-order chi connectivity index (χ1) is 24.2. The number of rotatable bonds is 8. The molecule has 0 bridgehead atoms. The van der Waals surface area contributed by atoms with Crippen molar-refractivity contribution in [2.45, 2.75) is 101 Å². The van der Waals surface area contributed by atoms with Crippen LogP contribution in [0.4, 0.5) is 4.79 Å². The first-order valence-electron chi connectivity index (χ1n) is 17.6. The van der Waals surface area contributed by atoms with Crippen LogP contribution in [0.1, 0.15) is 72.6 Å². The highest BCUT2D eigenvalue weighted by atomic mass is 32.2. The Kier molecular flexibility index (Phi) is 9.92. The number of carboxylic acid groups (broad SMARTS) is 1. The fourth-order valence-electron chi connectivity index (χ4n) is 7.27. The number of nitrogens with zero attached hydrogens (tertiary/aromatic N) is 3. The van der Waals surface area contributed by atoms with Crippen molar-refractivity contribution in [2.24, 2.45) is 17.8 Å². The van der Waals surface area contributed by atoms with Crippen LogP contribution in [0.5, 0.6) is 11.8 Å². The van der Waals surface area contributed by atoms with Gasteiger partial charge >= 0.3 is 6.09 Å². The summed E-state index contributed by atoms with van der Waals surface area (Å²) in [6, 6.07) is 4.90. The summed E-state index contributed by atoms with van der Waals surface area (Å²) in [5.41, 5.74) is -1.55. The quantitative estimate of drug-likeness (QED) is 0.291. The summed E-state index contributed by atoms with van der Waals surface area (Å²) >= 11 is 0. The Morgan fingerprint density at radius 1 is 1.10 bits per heavy atom. The summed E-state index contributed by atoms with van der Waals surface area (Å²) in [6.45, 7) is 7.52. The highest BCUT2D eigenvalue weighted by molar-refractivity contribution is 7.91. The van der Waals surface area contributed by atoms with Crippen LogP contribution in [-0.4, -0.2) is 94.1 Å². The number of fused-ring (bicyclic) bond motifs is 3. The van der Waals surface area contributed by atoms with Crippen molar-refractivity contribution in [1.29, 1.82) is 0 Å². The second kappa shape index (κ2) is 13.9. The molecule has 6 rings (SSSR count). The van der Waals surface area contributed by atoms with E-state index in [1.807, 2.05) is 44.2 Å². The van der Waals surface area contributed by atoms with Crippen molar-refractivity contribution in [2.75, 3.05) is 13.2 Å². The minimum Gasteiger partial charge on any atom is -0.476 e. The highest BCUT2D eigenvalue weighted by Crippen LogP contribution is 2.47. The van der Waals surface area contributed by atoms with E-state index in [2.05, 4.69) is 25.6 Å². The van der Waals surface area contributed by atoms with Crippen LogP contribution < -0.4 is 24.8 Å². The molecule has 276 valence electrons. The number of hydrogen-bond acceptors (Lipinski definition) is 10. The molecule has 4 amide bonds. The lowest BCUT2D eigenvalue weighted by Crippen LogP contribution is -2.59. The van der Waals surface area contributed by atoms with E-state index in [9.17, 15) is 32.7 Å². The smallest absolute Gasteiger partial charge is 0.405 e. The van der Waals surface area contributed by atoms with Crippen LogP contribution in [0.2, 0.25) is 0 Å². The molecule has 1 aromatic carbocycles. The molecular formula is C35H46N6O9S. The van der Waals surface area contributed by atoms with E-state index in [4.69, 9.17) is 9.47 Å². The van der Waals surface area contributed by atoms with Gasteiger partial charge in [0.15, 0.2) is 0 Å². The van der Waals surface area contributed by atoms with Gasteiger partial charge in [0.1, 0.15) is 23.7 Å². The van der Waals surface area contributed by atoms with Gasteiger partial charge < -0.3 is 30.1 Å². The Balaban J connectivity index is 1.34. The molecule has 4 N–H and O–H groups in total. The van der Waals surface area contributed by atoms with Gasteiger partial charge in [0, 0.05) is 12.3 Å². The number of nitrogens with one attached hydrogen (secondary N) is 3. The van der Waals surface area contributed by atoms with Crippen LogP contribution in [0.3, 0.4) is 0 Å². The summed E-state index contributed by atoms with van der Waals surface area (Å²) in [5, 5.41) is 24.7. The van der Waals surface area contributed by atoms with E-state index in [0.29, 0.717) is 48.9 Å². The van der Waals surface area contributed by atoms with Crippen LogP contribution in [-0.2, 0) is 24.4 Å². The van der Waals surface area contributed by atoms with Gasteiger partial charge in [0.2, 0.25) is 33.6 Å². The van der Waals surface area contributed by atoms with Crippen LogP contribution >= 0.6 is 0 Å². The number of amides is 4. The van der Waals surface area contributed by atoms with Gasteiger partial charge in [-0.25, -0.2) is 13.2 Å². The largest absolute Gasteiger partial charge is 0.476 e. The van der Waals surface area contributed by atoms with Crippen LogP contribution in [0.15, 0.2) is 36.4 Å². The third-order valence-electron chi connectivity index (χ3n) is 10.7. The number of carbonyl (C=O) groups excluding carboxylic acids is 3. The second-order valence-corrected chi connectivity index (χ2v) is 16.9. The molecule has 1 aromatic heterocycles. The molecule has 2 aliphatic carbocycles. The SMILES string of the molecule is CCOc1nnc(O[C@@H]2C[C@H]3C(=O)N[C@]4(C(=O)NS(=O)(=O)C5(C)CC5)C[C@H]4C=CCC[C@H](C)C[C@@H](C)[C@H](NC(=O)O)C(=O)N3C2)c2ccccc12. The fourth-order valence-corrected chi connectivity index (χ4v) is 8.58. The Morgan fingerprint density at radius 3 is 2.45 bits per heavy atom. The first kappa shape index (κ1) is 36.3. The number of aromatic nitrogens is 2. The summed E-state index contributed by atoms with van der Waals surface area (Å²) in [4.78, 5) is 55.7. The lowest BCUT2D eigenvalue weighted by Gasteiger charge is -2.32. The van der Waals surface area contributed by atoms with E-state index in [1.165, 1.54) is 4.90 Å². The average molecular weight is 727 g/mol. The zero-order chi connectivity index (χ0) is 36.7. The van der Waals surface area contributed by atoms with Gasteiger partial charge in [-0.15, -0.1) is 10.2 Å². The Bertz CT molecular complexity index is 1850. The Hall–Kier alpha value is -4.47. The lowest BCUT2D eigenvalue weighted by atomic mass is 9.88. The second-order valence-electron chi connectivity index (χ2n) is 14.7. The van der Waals surface area contributed by atoms with Gasteiger partial charge in [0.05, 0.1) is 28.7 Å². The van der Waals surface area contributed by atoms with Crippen molar-refractivity contribution in [3.63, 3.8) is 0 Å². The maximum Gasteiger partial charge on any atom is 0.405 e. The summed E-state index contributed by atoms with van der Waals surface area (Å²) in [6.07, 6.45) is 4.56. The number of hydrogen-bond donors (Lipinski definition) is 4. The molecule has 0 unspecified atom stereocenters. The fraction of sp³-hybridized carbons (Fsp3) is 0.600. The van der Waals surface area contributed by atoms with Gasteiger partial charge in [-0.3, -0.25) is 19.1 Å². The van der Waals surface area contributed by atoms with Crippen molar-refractivity contribution < 1.29 is 42.2 Å². The predicted octanol–water partition coefficient (Wildman–Crippen LogP) is 2.90. The van der Waals surface area contributed by atoms with Crippen molar-refractivity contribution in [1.82, 2.24) is 30.5 Å². The van der Waals surface area contributed by atoms with Gasteiger partial charge in [-0.2, -0.15) is 0 Å². The first-order valence-corrected chi connectivity index (χ1v) is 19.1. The third-order valence-corrected chi connectivity index (χ3v) is 12.9. The number of sulfonamides is 1. The van der Waals surface area contributed by atoms with Crippen molar-refractivity contribution >= 4 is 44.6 Å². The van der Waals surface area contributed by atoms with E-state index in [1.54, 1.807) is 19.9 Å². The maximum absolute atomic E-state index is 14.3. The molecular weight excluding hydrogens is 680 g/mol. The molecule has 51 heavy (non-hydrogen) atoms. The molecule has 3 fully saturated rings. The number of benzene rings is 1. The molecule has 2 aliphatic heterocycles. The molecule has 0 radical (unpaired) electrons. The van der Waals surface area contributed by atoms with Gasteiger partial charge in [-0.1, -0.05) is 38.1 Å².